The molecular formula is C18H21ClN2O4S. The van der Waals surface area contributed by atoms with E-state index in [1.54, 1.807) is 55.5 Å². The number of hydrogen-bond donors (Lipinski definition) is 1. The van der Waals surface area contributed by atoms with Crippen LogP contribution in [-0.4, -0.2) is 33.7 Å². The minimum absolute atomic E-state index is 0.288. The average molecular weight is 397 g/mol. The number of ether oxygens (including phenoxy) is 1. The quantitative estimate of drug-likeness (QED) is 0.776. The van der Waals surface area contributed by atoms with Crippen molar-refractivity contribution in [3.05, 3.63) is 53.6 Å². The number of para-hydroxylation sites is 2. The molecule has 0 aliphatic rings. The number of sulfonamides is 1. The highest BCUT2D eigenvalue weighted by atomic mass is 35.5. The molecule has 6 nitrogen and oxygen atoms in total. The molecule has 0 spiro atoms. The van der Waals surface area contributed by atoms with Gasteiger partial charge >= 0.3 is 0 Å². The zero-order valence-corrected chi connectivity index (χ0v) is 16.3. The summed E-state index contributed by atoms with van der Waals surface area (Å²) in [6, 6.07) is 12.3. The van der Waals surface area contributed by atoms with Crippen LogP contribution in [0.2, 0.25) is 5.02 Å². The van der Waals surface area contributed by atoms with Crippen LogP contribution in [0.5, 0.6) is 5.75 Å². The molecule has 2 aromatic carbocycles. The molecule has 0 fully saturated rings. The Kier molecular flexibility index (Phi) is 6.50. The van der Waals surface area contributed by atoms with E-state index in [4.69, 9.17) is 16.3 Å². The summed E-state index contributed by atoms with van der Waals surface area (Å²) in [6.45, 7) is 1.75. The van der Waals surface area contributed by atoms with Crippen LogP contribution < -0.4 is 14.4 Å². The van der Waals surface area contributed by atoms with Crippen molar-refractivity contribution in [2.75, 3.05) is 23.0 Å². The average Bonchev–Trinajstić information content (AvgIpc) is 2.60. The van der Waals surface area contributed by atoms with Crippen LogP contribution in [0.15, 0.2) is 48.5 Å². The van der Waals surface area contributed by atoms with Crippen LogP contribution in [0.1, 0.15) is 13.3 Å². The Labute approximate surface area is 158 Å². The fourth-order valence-electron chi connectivity index (χ4n) is 2.61. The maximum atomic E-state index is 12.8. The zero-order chi connectivity index (χ0) is 19.3. The van der Waals surface area contributed by atoms with Crippen molar-refractivity contribution in [1.82, 2.24) is 0 Å². The SMILES string of the molecule is CC[C@H](C(=O)Nc1ccccc1OC)N(c1ccc(Cl)cc1)S(C)(=O)=O. The highest BCUT2D eigenvalue weighted by Gasteiger charge is 2.31. The second-order valence-corrected chi connectivity index (χ2v) is 7.94. The Bertz CT molecular complexity index is 869. The van der Waals surface area contributed by atoms with Crippen molar-refractivity contribution >= 4 is 38.9 Å². The minimum Gasteiger partial charge on any atom is -0.495 e. The third kappa shape index (κ3) is 4.68. The van der Waals surface area contributed by atoms with Gasteiger partial charge in [-0.25, -0.2) is 8.42 Å². The van der Waals surface area contributed by atoms with Gasteiger partial charge in [-0.1, -0.05) is 30.7 Å². The second-order valence-electron chi connectivity index (χ2n) is 5.65. The number of amides is 1. The molecule has 0 aliphatic heterocycles. The van der Waals surface area contributed by atoms with Crippen molar-refractivity contribution in [1.29, 1.82) is 0 Å². The number of methoxy groups -OCH3 is 1. The van der Waals surface area contributed by atoms with E-state index in [1.807, 2.05) is 0 Å². The summed E-state index contributed by atoms with van der Waals surface area (Å²) in [6.07, 6.45) is 1.36. The Hall–Kier alpha value is -2.25. The molecule has 1 atom stereocenters. The molecule has 140 valence electrons. The van der Waals surface area contributed by atoms with Crippen LogP contribution in [0.3, 0.4) is 0 Å². The molecule has 2 aromatic rings. The lowest BCUT2D eigenvalue weighted by Crippen LogP contribution is -2.47. The first-order chi connectivity index (χ1) is 12.3. The largest absolute Gasteiger partial charge is 0.495 e. The van der Waals surface area contributed by atoms with E-state index < -0.39 is 22.0 Å². The molecule has 1 N–H and O–H groups in total. The molecule has 0 aliphatic carbocycles. The fraction of sp³-hybridized carbons (Fsp3) is 0.278. The third-order valence-corrected chi connectivity index (χ3v) is 5.21. The van der Waals surface area contributed by atoms with Crippen molar-refractivity contribution < 1.29 is 17.9 Å². The topological polar surface area (TPSA) is 75.7 Å². The van der Waals surface area contributed by atoms with Crippen molar-refractivity contribution in [3.63, 3.8) is 0 Å². The van der Waals surface area contributed by atoms with Gasteiger partial charge in [0.2, 0.25) is 15.9 Å². The number of halogens is 1. The molecule has 8 heteroatoms. The summed E-state index contributed by atoms with van der Waals surface area (Å²) in [4.78, 5) is 12.8. The molecule has 2 rings (SSSR count). The molecule has 0 bridgehead atoms. The van der Waals surface area contributed by atoms with Crippen molar-refractivity contribution in [3.8, 4) is 5.75 Å². The van der Waals surface area contributed by atoms with Gasteiger partial charge in [0.25, 0.3) is 0 Å². The summed E-state index contributed by atoms with van der Waals surface area (Å²) in [5.74, 6) is 0.0467. The maximum absolute atomic E-state index is 12.8. The lowest BCUT2D eigenvalue weighted by molar-refractivity contribution is -0.117. The van der Waals surface area contributed by atoms with Gasteiger partial charge in [-0.05, 0) is 42.8 Å². The number of anilines is 2. The van der Waals surface area contributed by atoms with E-state index >= 15 is 0 Å². The molecular weight excluding hydrogens is 376 g/mol. The van der Waals surface area contributed by atoms with Gasteiger partial charge in [-0.15, -0.1) is 0 Å². The highest BCUT2D eigenvalue weighted by Crippen LogP contribution is 2.27. The van der Waals surface area contributed by atoms with Crippen LogP contribution in [0.4, 0.5) is 11.4 Å². The summed E-state index contributed by atoms with van der Waals surface area (Å²) in [5, 5.41) is 3.23. The smallest absolute Gasteiger partial charge is 0.248 e. The highest BCUT2D eigenvalue weighted by molar-refractivity contribution is 7.92. The molecule has 0 saturated heterocycles. The van der Waals surface area contributed by atoms with Crippen LogP contribution in [0, 0.1) is 0 Å². The molecule has 0 heterocycles. The first-order valence-corrected chi connectivity index (χ1v) is 10.2. The molecule has 0 radical (unpaired) electrons. The Morgan fingerprint density at radius 2 is 1.81 bits per heavy atom. The maximum Gasteiger partial charge on any atom is 0.248 e. The number of benzene rings is 2. The molecule has 0 unspecified atom stereocenters. The molecule has 0 saturated carbocycles. The van der Waals surface area contributed by atoms with E-state index in [0.29, 0.717) is 22.1 Å². The van der Waals surface area contributed by atoms with Gasteiger partial charge in [0.1, 0.15) is 11.8 Å². The second kappa shape index (κ2) is 8.42. The lowest BCUT2D eigenvalue weighted by Gasteiger charge is -2.30. The first-order valence-electron chi connectivity index (χ1n) is 7.96. The number of carbonyl (C=O) groups excluding carboxylic acids is 1. The summed E-state index contributed by atoms with van der Waals surface area (Å²) < 4.78 is 31.1. The fourth-order valence-corrected chi connectivity index (χ4v) is 3.95. The van der Waals surface area contributed by atoms with Gasteiger partial charge in [-0.3, -0.25) is 9.10 Å². The van der Waals surface area contributed by atoms with Crippen LogP contribution in [0.25, 0.3) is 0 Å². The Morgan fingerprint density at radius 1 is 1.19 bits per heavy atom. The number of nitrogens with one attached hydrogen (secondary N) is 1. The van der Waals surface area contributed by atoms with E-state index in [1.165, 1.54) is 7.11 Å². The molecule has 0 aromatic heterocycles. The first kappa shape index (κ1) is 20.1. The third-order valence-electron chi connectivity index (χ3n) is 3.78. The van der Waals surface area contributed by atoms with Gasteiger partial charge in [0, 0.05) is 5.02 Å². The van der Waals surface area contributed by atoms with Gasteiger partial charge in [0.05, 0.1) is 24.7 Å². The van der Waals surface area contributed by atoms with E-state index in [2.05, 4.69) is 5.32 Å². The van der Waals surface area contributed by atoms with Crippen molar-refractivity contribution in [2.24, 2.45) is 0 Å². The van der Waals surface area contributed by atoms with Gasteiger partial charge < -0.3 is 10.1 Å². The molecule has 26 heavy (non-hydrogen) atoms. The predicted molar refractivity (Wildman–Crippen MR) is 104 cm³/mol. The van der Waals surface area contributed by atoms with Crippen LogP contribution in [-0.2, 0) is 14.8 Å². The van der Waals surface area contributed by atoms with E-state index in [9.17, 15) is 13.2 Å². The Balaban J connectivity index is 2.38. The normalized spacial score (nSPS) is 12.3. The van der Waals surface area contributed by atoms with Gasteiger partial charge in [0.15, 0.2) is 0 Å². The van der Waals surface area contributed by atoms with E-state index in [-0.39, 0.29) is 6.42 Å². The predicted octanol–water partition coefficient (Wildman–Crippen LogP) is 3.53. The minimum atomic E-state index is -3.70. The number of carbonyl (C=O) groups is 1. The number of nitrogens with zero attached hydrogens (tertiary/aromatic N) is 1. The summed E-state index contributed by atoms with van der Waals surface area (Å²) >= 11 is 5.89. The molecule has 1 amide bonds. The van der Waals surface area contributed by atoms with Gasteiger partial charge in [-0.2, -0.15) is 0 Å². The number of rotatable bonds is 7. The Morgan fingerprint density at radius 3 is 2.35 bits per heavy atom. The standard InChI is InChI=1S/C18H21ClN2O4S/c1-4-16(18(22)20-15-7-5-6-8-17(15)25-2)21(26(3,23)24)14-11-9-13(19)10-12-14/h5-12,16H,4H2,1-3H3,(H,20,22)/t16-/m1/s1. The zero-order valence-electron chi connectivity index (χ0n) is 14.8. The van der Waals surface area contributed by atoms with E-state index in [0.717, 1.165) is 10.6 Å². The summed E-state index contributed by atoms with van der Waals surface area (Å²) in [5.41, 5.74) is 0.849. The number of hydrogen-bond acceptors (Lipinski definition) is 4. The monoisotopic (exact) mass is 396 g/mol. The van der Waals surface area contributed by atoms with Crippen molar-refractivity contribution in [2.45, 2.75) is 19.4 Å². The lowest BCUT2D eigenvalue weighted by atomic mass is 10.1. The summed E-state index contributed by atoms with van der Waals surface area (Å²) in [7, 11) is -2.20. The van der Waals surface area contributed by atoms with Crippen LogP contribution >= 0.6 is 11.6 Å².